The van der Waals surface area contributed by atoms with E-state index in [1.165, 1.54) is 37.4 Å². The summed E-state index contributed by atoms with van der Waals surface area (Å²) < 4.78 is 5.44. The van der Waals surface area contributed by atoms with Gasteiger partial charge in [0, 0.05) is 0 Å². The molecule has 0 N–H and O–H groups in total. The van der Waals surface area contributed by atoms with Crippen LogP contribution in [0.25, 0.3) is 21.8 Å². The Balaban J connectivity index is 1.95. The first kappa shape index (κ1) is 14.3. The molecule has 4 aromatic rings. The monoisotopic (exact) mass is 377 g/mol. The topological polar surface area (TPSA) is 4.93 Å². The first-order valence-electron chi connectivity index (χ1n) is 8.37. The van der Waals surface area contributed by atoms with Gasteiger partial charge < -0.3 is 0 Å². The molecule has 1 nitrogen and oxygen atoms in total. The van der Waals surface area contributed by atoms with Crippen LogP contribution < -0.4 is 8.92 Å². The Morgan fingerprint density at radius 1 is 0.792 bits per heavy atom. The van der Waals surface area contributed by atoms with E-state index in [9.17, 15) is 0 Å². The van der Waals surface area contributed by atoms with Gasteiger partial charge in [-0.05, 0) is 0 Å². The summed E-state index contributed by atoms with van der Waals surface area (Å²) in [5.41, 5.74) is 5.75. The Morgan fingerprint density at radius 2 is 1.54 bits per heavy atom. The van der Waals surface area contributed by atoms with E-state index in [0.717, 1.165) is 0 Å². The number of benzene rings is 3. The van der Waals surface area contributed by atoms with Gasteiger partial charge in [-0.2, -0.15) is 0 Å². The summed E-state index contributed by atoms with van der Waals surface area (Å²) >= 11 is 0.352. The Hall–Kier alpha value is -2.02. The molecule has 24 heavy (non-hydrogen) atoms. The Labute approximate surface area is 148 Å². The summed E-state index contributed by atoms with van der Waals surface area (Å²) in [6.07, 6.45) is 0. The van der Waals surface area contributed by atoms with Crippen LogP contribution in [0.3, 0.4) is 0 Å². The number of fused-ring (bicyclic) bond motifs is 6. The average molecular weight is 376 g/mol. The molecule has 0 spiro atoms. The molecule has 5 rings (SSSR count). The molecule has 0 bridgehead atoms. The molecule has 3 aromatic carbocycles. The standard InChI is InChI=1S/C22H19NSe/c1-22(2)15-9-5-7-11-19(15)24-21-16(22)12-13-18-20(21)14-8-4-6-10-17(14)23(18)3/h4-13H,1-3H3. The zero-order chi connectivity index (χ0) is 16.5. The number of aromatic nitrogens is 1. The normalized spacial score (nSPS) is 15.5. The van der Waals surface area contributed by atoms with Crippen LogP contribution in [0, 0.1) is 0 Å². The van der Waals surface area contributed by atoms with Crippen molar-refractivity contribution in [1.82, 2.24) is 4.57 Å². The van der Waals surface area contributed by atoms with Gasteiger partial charge in [0.25, 0.3) is 0 Å². The van der Waals surface area contributed by atoms with Gasteiger partial charge in [-0.3, -0.25) is 0 Å². The van der Waals surface area contributed by atoms with Crippen LogP contribution in [0.4, 0.5) is 0 Å². The third-order valence-corrected chi connectivity index (χ3v) is 8.00. The molecule has 1 aliphatic rings. The van der Waals surface area contributed by atoms with E-state index in [4.69, 9.17) is 0 Å². The molecule has 1 aliphatic heterocycles. The van der Waals surface area contributed by atoms with Crippen molar-refractivity contribution in [2.75, 3.05) is 0 Å². The number of hydrogen-bond donors (Lipinski definition) is 0. The van der Waals surface area contributed by atoms with Crippen molar-refractivity contribution >= 4 is 45.7 Å². The van der Waals surface area contributed by atoms with Crippen LogP contribution in [0.5, 0.6) is 0 Å². The van der Waals surface area contributed by atoms with Gasteiger partial charge in [0.15, 0.2) is 0 Å². The minimum atomic E-state index is 0.0665. The molecule has 0 atom stereocenters. The second-order valence-electron chi connectivity index (χ2n) is 7.14. The van der Waals surface area contributed by atoms with Crippen molar-refractivity contribution in [2.45, 2.75) is 19.3 Å². The van der Waals surface area contributed by atoms with Crippen LogP contribution in [-0.2, 0) is 12.5 Å². The third-order valence-electron chi connectivity index (χ3n) is 5.48. The predicted octanol–water partition coefficient (Wildman–Crippen LogP) is 3.63. The summed E-state index contributed by atoms with van der Waals surface area (Å²) in [6, 6.07) is 22.5. The van der Waals surface area contributed by atoms with E-state index in [2.05, 4.69) is 86.1 Å². The molecule has 0 saturated carbocycles. The number of nitrogens with zero attached hydrogens (tertiary/aromatic N) is 1. The van der Waals surface area contributed by atoms with E-state index in [1.807, 2.05) is 0 Å². The summed E-state index contributed by atoms with van der Waals surface area (Å²) in [4.78, 5) is 0. The molecule has 0 unspecified atom stereocenters. The van der Waals surface area contributed by atoms with Crippen molar-refractivity contribution in [2.24, 2.45) is 7.05 Å². The average Bonchev–Trinajstić information content (AvgIpc) is 2.89. The number of hydrogen-bond acceptors (Lipinski definition) is 0. The molecular formula is C22H19NSe. The van der Waals surface area contributed by atoms with Crippen LogP contribution in [0.1, 0.15) is 25.0 Å². The van der Waals surface area contributed by atoms with E-state index < -0.39 is 0 Å². The molecule has 0 fully saturated rings. The van der Waals surface area contributed by atoms with Crippen molar-refractivity contribution < 1.29 is 0 Å². The zero-order valence-corrected chi connectivity index (χ0v) is 15.8. The van der Waals surface area contributed by atoms with Gasteiger partial charge in [0.05, 0.1) is 0 Å². The molecule has 118 valence electrons. The first-order chi connectivity index (χ1) is 11.6. The molecule has 1 aromatic heterocycles. The van der Waals surface area contributed by atoms with Gasteiger partial charge in [-0.25, -0.2) is 0 Å². The second kappa shape index (κ2) is 4.75. The van der Waals surface area contributed by atoms with Gasteiger partial charge in [-0.1, -0.05) is 0 Å². The van der Waals surface area contributed by atoms with Crippen LogP contribution in [0.2, 0.25) is 0 Å². The van der Waals surface area contributed by atoms with E-state index >= 15 is 0 Å². The molecule has 2 heteroatoms. The van der Waals surface area contributed by atoms with Crippen LogP contribution in [-0.4, -0.2) is 19.5 Å². The van der Waals surface area contributed by atoms with Crippen molar-refractivity contribution in [3.8, 4) is 0 Å². The Kier molecular flexibility index (Phi) is 2.84. The molecule has 2 heterocycles. The van der Waals surface area contributed by atoms with E-state index in [-0.39, 0.29) is 5.41 Å². The number of rotatable bonds is 0. The summed E-state index contributed by atoms with van der Waals surface area (Å²) in [7, 11) is 2.19. The SMILES string of the molecule is Cn1c2ccccc2c2c3c(ccc21)C(C)(C)c1ccccc1[Se]3. The zero-order valence-electron chi connectivity index (χ0n) is 14.1. The second-order valence-corrected chi connectivity index (χ2v) is 9.34. The minimum absolute atomic E-state index is 0.0665. The Morgan fingerprint density at radius 3 is 2.42 bits per heavy atom. The van der Waals surface area contributed by atoms with Gasteiger partial charge in [0.1, 0.15) is 0 Å². The fraction of sp³-hybridized carbons (Fsp3) is 0.182. The fourth-order valence-electron chi connectivity index (χ4n) is 4.14. The van der Waals surface area contributed by atoms with Crippen molar-refractivity contribution in [3.63, 3.8) is 0 Å². The quantitative estimate of drug-likeness (QED) is 0.413. The van der Waals surface area contributed by atoms with Gasteiger partial charge in [0.2, 0.25) is 0 Å². The molecule has 0 aliphatic carbocycles. The number of aryl methyl sites for hydroxylation is 1. The third kappa shape index (κ3) is 1.70. The fourth-order valence-corrected chi connectivity index (χ4v) is 7.40. The maximum atomic E-state index is 2.37. The maximum absolute atomic E-state index is 2.37. The molecule has 0 amide bonds. The van der Waals surface area contributed by atoms with Crippen LogP contribution in [0.15, 0.2) is 60.7 Å². The first-order valence-corrected chi connectivity index (χ1v) is 10.1. The van der Waals surface area contributed by atoms with E-state index in [0.29, 0.717) is 15.0 Å². The molecule has 0 saturated heterocycles. The summed E-state index contributed by atoms with van der Waals surface area (Å²) in [5, 5.41) is 2.86. The van der Waals surface area contributed by atoms with Crippen LogP contribution >= 0.6 is 0 Å². The summed E-state index contributed by atoms with van der Waals surface area (Å²) in [6.45, 7) is 4.74. The Bertz CT molecular complexity index is 1120. The molecular weight excluding hydrogens is 357 g/mol. The number of para-hydroxylation sites is 1. The molecule has 0 radical (unpaired) electrons. The van der Waals surface area contributed by atoms with Gasteiger partial charge in [-0.15, -0.1) is 0 Å². The van der Waals surface area contributed by atoms with Gasteiger partial charge >= 0.3 is 148 Å². The van der Waals surface area contributed by atoms with E-state index in [1.54, 1.807) is 4.46 Å². The van der Waals surface area contributed by atoms with Crippen molar-refractivity contribution in [1.29, 1.82) is 0 Å². The predicted molar refractivity (Wildman–Crippen MR) is 104 cm³/mol. The summed E-state index contributed by atoms with van der Waals surface area (Å²) in [5.74, 6) is 0. The van der Waals surface area contributed by atoms with Crippen molar-refractivity contribution in [3.05, 3.63) is 71.8 Å².